The zero-order valence-electron chi connectivity index (χ0n) is 10.1. The van der Waals surface area contributed by atoms with Crippen molar-refractivity contribution < 1.29 is 4.52 Å². The van der Waals surface area contributed by atoms with Gasteiger partial charge in [-0.1, -0.05) is 11.2 Å². The van der Waals surface area contributed by atoms with Crippen LogP contribution >= 0.6 is 11.3 Å². The molecule has 6 nitrogen and oxygen atoms in total. The first kappa shape index (κ1) is 11.8. The molecule has 0 aromatic carbocycles. The van der Waals surface area contributed by atoms with Gasteiger partial charge in [-0.25, -0.2) is 4.68 Å². The fourth-order valence-electron chi connectivity index (χ4n) is 1.62. The Labute approximate surface area is 112 Å². The minimum Gasteiger partial charge on any atom is -0.332 e. The lowest BCUT2D eigenvalue weighted by Gasteiger charge is -1.96. The summed E-state index contributed by atoms with van der Waals surface area (Å²) in [5.74, 6) is 0.926. The fraction of sp³-hybridized carbons (Fsp3) is 0.167. The predicted octanol–water partition coefficient (Wildman–Crippen LogP) is 1.48. The van der Waals surface area contributed by atoms with Crippen LogP contribution in [0.25, 0.3) is 11.6 Å². The van der Waals surface area contributed by atoms with Crippen molar-refractivity contribution in [1.29, 1.82) is 0 Å². The molecule has 19 heavy (non-hydrogen) atoms. The zero-order chi connectivity index (χ0) is 13.2. The maximum atomic E-state index is 11.3. The fourth-order valence-corrected chi connectivity index (χ4v) is 2.32. The molecule has 3 rings (SSSR count). The van der Waals surface area contributed by atoms with Crippen molar-refractivity contribution >= 4 is 11.3 Å². The molecule has 0 atom stereocenters. The average Bonchev–Trinajstić information content (AvgIpc) is 3.05. The Morgan fingerprint density at radius 2 is 2.26 bits per heavy atom. The van der Waals surface area contributed by atoms with Gasteiger partial charge in [0.15, 0.2) is 5.82 Å². The Kier molecular flexibility index (Phi) is 2.96. The van der Waals surface area contributed by atoms with Crippen LogP contribution in [0.5, 0.6) is 0 Å². The number of thiophene rings is 1. The van der Waals surface area contributed by atoms with Crippen molar-refractivity contribution in [2.75, 3.05) is 0 Å². The Hall–Kier alpha value is -2.28. The third kappa shape index (κ3) is 2.45. The van der Waals surface area contributed by atoms with Crippen LogP contribution in [0.1, 0.15) is 10.7 Å². The molecule has 0 saturated heterocycles. The molecular formula is C12H10N4O2S. The largest absolute Gasteiger partial charge is 0.332 e. The van der Waals surface area contributed by atoms with E-state index in [4.69, 9.17) is 4.52 Å². The van der Waals surface area contributed by atoms with Gasteiger partial charge >= 0.3 is 0 Å². The standard InChI is InChI=1S/C12H10N4O2S/c1-16-11(17)5-4-9(14-16)12-13-10(15-18-12)7-8-3-2-6-19-8/h2-6H,7H2,1H3. The highest BCUT2D eigenvalue weighted by Crippen LogP contribution is 2.16. The second kappa shape index (κ2) is 4.77. The zero-order valence-corrected chi connectivity index (χ0v) is 10.9. The number of hydrogen-bond acceptors (Lipinski definition) is 6. The summed E-state index contributed by atoms with van der Waals surface area (Å²) in [6.45, 7) is 0. The van der Waals surface area contributed by atoms with Crippen LogP contribution in [-0.4, -0.2) is 19.9 Å². The Balaban J connectivity index is 1.88. The second-order valence-corrected chi connectivity index (χ2v) is 4.98. The van der Waals surface area contributed by atoms with E-state index in [-0.39, 0.29) is 5.56 Å². The predicted molar refractivity (Wildman–Crippen MR) is 69.9 cm³/mol. The highest BCUT2D eigenvalue weighted by molar-refractivity contribution is 7.09. The highest BCUT2D eigenvalue weighted by atomic mass is 32.1. The van der Waals surface area contributed by atoms with Gasteiger partial charge < -0.3 is 4.52 Å². The molecule has 0 saturated carbocycles. The maximum Gasteiger partial charge on any atom is 0.278 e. The monoisotopic (exact) mass is 274 g/mol. The SMILES string of the molecule is Cn1nc(-c2nc(Cc3cccs3)no2)ccc1=O. The number of hydrogen-bond donors (Lipinski definition) is 0. The summed E-state index contributed by atoms with van der Waals surface area (Å²) in [5.41, 5.74) is 0.314. The first-order valence-corrected chi connectivity index (χ1v) is 6.50. The minimum absolute atomic E-state index is 0.179. The number of aryl methyl sites for hydroxylation is 1. The molecule has 0 radical (unpaired) electrons. The molecule has 0 amide bonds. The minimum atomic E-state index is -0.179. The van der Waals surface area contributed by atoms with Gasteiger partial charge in [0.25, 0.3) is 11.4 Å². The quantitative estimate of drug-likeness (QED) is 0.723. The summed E-state index contributed by atoms with van der Waals surface area (Å²) >= 11 is 1.64. The maximum absolute atomic E-state index is 11.3. The first-order chi connectivity index (χ1) is 9.22. The molecule has 96 valence electrons. The van der Waals surface area contributed by atoms with E-state index >= 15 is 0 Å². The molecule has 0 unspecified atom stereocenters. The van der Waals surface area contributed by atoms with E-state index in [0.29, 0.717) is 23.8 Å². The van der Waals surface area contributed by atoms with E-state index in [1.807, 2.05) is 17.5 Å². The van der Waals surface area contributed by atoms with Crippen LogP contribution in [0.2, 0.25) is 0 Å². The molecular weight excluding hydrogens is 264 g/mol. The number of rotatable bonds is 3. The molecule has 3 aromatic heterocycles. The summed E-state index contributed by atoms with van der Waals surface area (Å²) in [4.78, 5) is 16.7. The van der Waals surface area contributed by atoms with Crippen LogP contribution in [0.3, 0.4) is 0 Å². The van der Waals surface area contributed by atoms with Gasteiger partial charge in [0.05, 0.1) is 0 Å². The molecule has 0 spiro atoms. The third-order valence-electron chi connectivity index (χ3n) is 2.56. The van der Waals surface area contributed by atoms with Gasteiger partial charge in [0.2, 0.25) is 0 Å². The summed E-state index contributed by atoms with van der Waals surface area (Å²) in [6, 6.07) is 7.00. The van der Waals surface area contributed by atoms with E-state index in [0.717, 1.165) is 0 Å². The molecule has 0 aliphatic rings. The molecule has 0 aliphatic heterocycles. The molecule has 0 aliphatic carbocycles. The topological polar surface area (TPSA) is 73.8 Å². The highest BCUT2D eigenvalue weighted by Gasteiger charge is 2.11. The van der Waals surface area contributed by atoms with Gasteiger partial charge in [-0.3, -0.25) is 4.79 Å². The van der Waals surface area contributed by atoms with Crippen molar-refractivity contribution in [3.63, 3.8) is 0 Å². The van der Waals surface area contributed by atoms with E-state index in [1.165, 1.54) is 15.6 Å². The lowest BCUT2D eigenvalue weighted by atomic mass is 10.3. The van der Waals surface area contributed by atoms with Crippen molar-refractivity contribution in [3.05, 3.63) is 50.7 Å². The normalized spacial score (nSPS) is 10.8. The van der Waals surface area contributed by atoms with E-state index < -0.39 is 0 Å². The van der Waals surface area contributed by atoms with Crippen LogP contribution < -0.4 is 5.56 Å². The van der Waals surface area contributed by atoms with Crippen molar-refractivity contribution in [2.24, 2.45) is 7.05 Å². The van der Waals surface area contributed by atoms with Crippen molar-refractivity contribution in [1.82, 2.24) is 19.9 Å². The van der Waals surface area contributed by atoms with Crippen LogP contribution in [0.15, 0.2) is 39.0 Å². The molecule has 0 fully saturated rings. The summed E-state index contributed by atoms with van der Waals surface area (Å²) in [7, 11) is 1.58. The van der Waals surface area contributed by atoms with Gasteiger partial charge in [-0.05, 0) is 17.5 Å². The van der Waals surface area contributed by atoms with Crippen LogP contribution in [0, 0.1) is 0 Å². The summed E-state index contributed by atoms with van der Waals surface area (Å²) < 4.78 is 6.39. The lowest BCUT2D eigenvalue weighted by Crippen LogP contribution is -2.18. The number of nitrogens with zero attached hydrogens (tertiary/aromatic N) is 4. The Morgan fingerprint density at radius 1 is 1.37 bits per heavy atom. The van der Waals surface area contributed by atoms with Crippen LogP contribution in [-0.2, 0) is 13.5 Å². The first-order valence-electron chi connectivity index (χ1n) is 5.62. The van der Waals surface area contributed by atoms with Gasteiger partial charge in [0, 0.05) is 24.4 Å². The lowest BCUT2D eigenvalue weighted by molar-refractivity contribution is 0.421. The van der Waals surface area contributed by atoms with E-state index in [2.05, 4.69) is 15.2 Å². The van der Waals surface area contributed by atoms with Gasteiger partial charge in [-0.15, -0.1) is 11.3 Å². The van der Waals surface area contributed by atoms with Gasteiger partial charge in [-0.2, -0.15) is 10.1 Å². The summed E-state index contributed by atoms with van der Waals surface area (Å²) in [5, 5.41) is 9.98. The molecule has 0 N–H and O–H groups in total. The third-order valence-corrected chi connectivity index (χ3v) is 3.44. The van der Waals surface area contributed by atoms with Crippen LogP contribution in [0.4, 0.5) is 0 Å². The van der Waals surface area contributed by atoms with Crippen molar-refractivity contribution in [3.8, 4) is 11.6 Å². The molecule has 0 bridgehead atoms. The van der Waals surface area contributed by atoms with Gasteiger partial charge in [0.1, 0.15) is 5.69 Å². The molecule has 3 aromatic rings. The molecule has 3 heterocycles. The number of aromatic nitrogens is 4. The average molecular weight is 274 g/mol. The Morgan fingerprint density at radius 3 is 3.00 bits per heavy atom. The van der Waals surface area contributed by atoms with E-state index in [9.17, 15) is 4.79 Å². The second-order valence-electron chi connectivity index (χ2n) is 3.95. The van der Waals surface area contributed by atoms with Crippen molar-refractivity contribution in [2.45, 2.75) is 6.42 Å². The van der Waals surface area contributed by atoms with E-state index in [1.54, 1.807) is 24.5 Å². The smallest absolute Gasteiger partial charge is 0.278 e. The Bertz CT molecular complexity index is 745. The summed E-state index contributed by atoms with van der Waals surface area (Å²) in [6.07, 6.45) is 0.632. The molecule has 7 heteroatoms.